The minimum absolute atomic E-state index is 0.164. The van der Waals surface area contributed by atoms with Crippen LogP contribution in [0.3, 0.4) is 0 Å². The van der Waals surface area contributed by atoms with Gasteiger partial charge in [0.1, 0.15) is 11.4 Å². The van der Waals surface area contributed by atoms with E-state index in [1.54, 1.807) is 7.11 Å². The van der Waals surface area contributed by atoms with Crippen molar-refractivity contribution in [3.05, 3.63) is 24.0 Å². The van der Waals surface area contributed by atoms with Gasteiger partial charge in [-0.2, -0.15) is 0 Å². The first-order valence-corrected chi connectivity index (χ1v) is 7.22. The zero-order valence-corrected chi connectivity index (χ0v) is 13.0. The van der Waals surface area contributed by atoms with Crippen molar-refractivity contribution < 1.29 is 4.74 Å². The zero-order chi connectivity index (χ0) is 14.5. The minimum atomic E-state index is 0.164. The lowest BCUT2D eigenvalue weighted by Gasteiger charge is -2.34. The number of likely N-dealkylation sites (N-methyl/N-ethyl adjacent to an activating group) is 3. The van der Waals surface area contributed by atoms with Gasteiger partial charge in [0.2, 0.25) is 0 Å². The zero-order valence-electron chi connectivity index (χ0n) is 13.0. The van der Waals surface area contributed by atoms with E-state index in [-0.39, 0.29) is 6.04 Å². The minimum Gasteiger partial charge on any atom is -0.495 e. The van der Waals surface area contributed by atoms with Crippen molar-refractivity contribution in [1.29, 1.82) is 0 Å². The standard InChI is InChI=1S/C15H26N4O/c1-16-14(15-13(20-4)7-5-8-17-15)12-11-18(2)9-6-10-19(12)3/h5,7-8,12,14,16H,6,9-11H2,1-4H3. The number of nitrogens with one attached hydrogen (secondary N) is 1. The Kier molecular flexibility index (Phi) is 5.34. The van der Waals surface area contributed by atoms with Crippen molar-refractivity contribution >= 4 is 0 Å². The van der Waals surface area contributed by atoms with Crippen LogP contribution in [0.15, 0.2) is 18.3 Å². The van der Waals surface area contributed by atoms with Crippen LogP contribution in [0.25, 0.3) is 0 Å². The van der Waals surface area contributed by atoms with Crippen LogP contribution in [0.1, 0.15) is 18.2 Å². The van der Waals surface area contributed by atoms with Crippen LogP contribution in [0.4, 0.5) is 0 Å². The molecule has 0 aromatic carbocycles. The Morgan fingerprint density at radius 3 is 2.90 bits per heavy atom. The van der Waals surface area contributed by atoms with Gasteiger partial charge in [-0.25, -0.2) is 0 Å². The number of rotatable bonds is 4. The molecule has 0 radical (unpaired) electrons. The normalized spacial score (nSPS) is 23.3. The monoisotopic (exact) mass is 278 g/mol. The number of ether oxygens (including phenoxy) is 1. The molecule has 0 amide bonds. The highest BCUT2D eigenvalue weighted by Gasteiger charge is 2.31. The molecule has 2 heterocycles. The molecule has 0 saturated carbocycles. The van der Waals surface area contributed by atoms with E-state index in [0.29, 0.717) is 6.04 Å². The Morgan fingerprint density at radius 1 is 1.40 bits per heavy atom. The fourth-order valence-corrected chi connectivity index (χ4v) is 2.99. The quantitative estimate of drug-likeness (QED) is 0.889. The van der Waals surface area contributed by atoms with Crippen molar-refractivity contribution in [3.8, 4) is 5.75 Å². The number of aromatic nitrogens is 1. The Labute approximate surface area is 121 Å². The molecule has 0 aliphatic carbocycles. The van der Waals surface area contributed by atoms with Crippen molar-refractivity contribution in [2.75, 3.05) is 47.9 Å². The number of methoxy groups -OCH3 is 1. The van der Waals surface area contributed by atoms with Crippen LogP contribution in [0, 0.1) is 0 Å². The molecule has 5 nitrogen and oxygen atoms in total. The third-order valence-electron chi connectivity index (χ3n) is 4.13. The van der Waals surface area contributed by atoms with Crippen molar-refractivity contribution in [2.45, 2.75) is 18.5 Å². The number of hydrogen-bond acceptors (Lipinski definition) is 5. The summed E-state index contributed by atoms with van der Waals surface area (Å²) < 4.78 is 5.48. The van der Waals surface area contributed by atoms with Crippen LogP contribution in [0.2, 0.25) is 0 Å². The van der Waals surface area contributed by atoms with Gasteiger partial charge in [0.15, 0.2) is 0 Å². The summed E-state index contributed by atoms with van der Waals surface area (Å²) in [5.74, 6) is 0.854. The van der Waals surface area contributed by atoms with Crippen LogP contribution < -0.4 is 10.1 Å². The van der Waals surface area contributed by atoms with E-state index in [1.165, 1.54) is 6.42 Å². The first-order valence-electron chi connectivity index (χ1n) is 7.22. The second-order valence-corrected chi connectivity index (χ2v) is 5.52. The third kappa shape index (κ3) is 3.29. The molecule has 112 valence electrons. The highest BCUT2D eigenvalue weighted by Crippen LogP contribution is 2.28. The summed E-state index contributed by atoms with van der Waals surface area (Å²) in [7, 11) is 8.09. The third-order valence-corrected chi connectivity index (χ3v) is 4.13. The fraction of sp³-hybridized carbons (Fsp3) is 0.667. The summed E-state index contributed by atoms with van der Waals surface area (Å²) in [6.45, 7) is 3.29. The van der Waals surface area contributed by atoms with Gasteiger partial charge in [-0.05, 0) is 52.8 Å². The molecule has 0 bridgehead atoms. The average molecular weight is 278 g/mol. The van der Waals surface area contributed by atoms with Crippen molar-refractivity contribution in [3.63, 3.8) is 0 Å². The highest BCUT2D eigenvalue weighted by molar-refractivity contribution is 5.30. The van der Waals surface area contributed by atoms with E-state index in [1.807, 2.05) is 25.4 Å². The molecule has 2 rings (SSSR count). The van der Waals surface area contributed by atoms with Gasteiger partial charge in [-0.15, -0.1) is 0 Å². The Bertz CT molecular complexity index is 426. The SMILES string of the molecule is CNC(c1ncccc1OC)C1CN(C)CCCN1C. The molecule has 1 aliphatic rings. The molecule has 2 unspecified atom stereocenters. The Morgan fingerprint density at radius 2 is 2.20 bits per heavy atom. The van der Waals surface area contributed by atoms with E-state index < -0.39 is 0 Å². The maximum Gasteiger partial charge on any atom is 0.142 e. The molecular formula is C15H26N4O. The smallest absolute Gasteiger partial charge is 0.142 e. The van der Waals surface area contributed by atoms with Gasteiger partial charge >= 0.3 is 0 Å². The molecule has 1 aromatic rings. The predicted molar refractivity (Wildman–Crippen MR) is 81.1 cm³/mol. The Balaban J connectivity index is 2.29. The summed E-state index contributed by atoms with van der Waals surface area (Å²) in [6, 6.07) is 4.44. The molecule has 1 aromatic heterocycles. The van der Waals surface area contributed by atoms with E-state index in [4.69, 9.17) is 4.74 Å². The molecule has 20 heavy (non-hydrogen) atoms. The van der Waals surface area contributed by atoms with Gasteiger partial charge in [-0.3, -0.25) is 4.98 Å². The van der Waals surface area contributed by atoms with Crippen LogP contribution in [-0.4, -0.2) is 68.7 Å². The molecule has 0 spiro atoms. The second kappa shape index (κ2) is 7.02. The lowest BCUT2D eigenvalue weighted by molar-refractivity contribution is 0.178. The fourth-order valence-electron chi connectivity index (χ4n) is 2.99. The largest absolute Gasteiger partial charge is 0.495 e. The van der Waals surface area contributed by atoms with Crippen LogP contribution in [-0.2, 0) is 0 Å². The first kappa shape index (κ1) is 15.2. The van der Waals surface area contributed by atoms with Gasteiger partial charge in [-0.1, -0.05) is 0 Å². The molecule has 1 aliphatic heterocycles. The summed E-state index contributed by atoms with van der Waals surface area (Å²) in [5, 5.41) is 3.43. The van der Waals surface area contributed by atoms with Crippen LogP contribution >= 0.6 is 0 Å². The summed E-state index contributed by atoms with van der Waals surface area (Å²) >= 11 is 0. The summed E-state index contributed by atoms with van der Waals surface area (Å²) in [6.07, 6.45) is 3.04. The molecule has 1 N–H and O–H groups in total. The average Bonchev–Trinajstić information content (AvgIpc) is 2.62. The summed E-state index contributed by atoms with van der Waals surface area (Å²) in [5.41, 5.74) is 0.990. The molecular weight excluding hydrogens is 252 g/mol. The number of hydrogen-bond donors (Lipinski definition) is 1. The molecule has 1 fully saturated rings. The maximum absolute atomic E-state index is 5.48. The Hall–Kier alpha value is -1.17. The maximum atomic E-state index is 5.48. The van der Waals surface area contributed by atoms with Gasteiger partial charge < -0.3 is 19.9 Å². The van der Waals surface area contributed by atoms with Gasteiger partial charge in [0.05, 0.1) is 13.2 Å². The second-order valence-electron chi connectivity index (χ2n) is 5.52. The van der Waals surface area contributed by atoms with Crippen LogP contribution in [0.5, 0.6) is 5.75 Å². The van der Waals surface area contributed by atoms with E-state index in [9.17, 15) is 0 Å². The lowest BCUT2D eigenvalue weighted by Crippen LogP contribution is -2.46. The van der Waals surface area contributed by atoms with E-state index >= 15 is 0 Å². The summed E-state index contributed by atoms with van der Waals surface area (Å²) in [4.78, 5) is 9.38. The highest BCUT2D eigenvalue weighted by atomic mass is 16.5. The molecule has 5 heteroatoms. The molecule has 2 atom stereocenters. The first-order chi connectivity index (χ1) is 9.67. The molecule has 1 saturated heterocycles. The topological polar surface area (TPSA) is 40.6 Å². The predicted octanol–water partition coefficient (Wildman–Crippen LogP) is 0.987. The van der Waals surface area contributed by atoms with Gasteiger partial charge in [0, 0.05) is 18.8 Å². The number of nitrogens with zero attached hydrogens (tertiary/aromatic N) is 3. The van der Waals surface area contributed by atoms with Crippen molar-refractivity contribution in [1.82, 2.24) is 20.1 Å². The van der Waals surface area contributed by atoms with E-state index in [2.05, 4.69) is 34.2 Å². The van der Waals surface area contributed by atoms with E-state index in [0.717, 1.165) is 31.1 Å². The van der Waals surface area contributed by atoms with Crippen molar-refractivity contribution in [2.24, 2.45) is 0 Å². The lowest BCUT2D eigenvalue weighted by atomic mass is 10.0. The number of pyridine rings is 1. The van der Waals surface area contributed by atoms with Gasteiger partial charge in [0.25, 0.3) is 0 Å².